The summed E-state index contributed by atoms with van der Waals surface area (Å²) in [6.07, 6.45) is 5.01. The first-order valence-electron chi connectivity index (χ1n) is 7.17. The molecule has 0 bridgehead atoms. The van der Waals surface area contributed by atoms with E-state index in [4.69, 9.17) is 4.74 Å². The van der Waals surface area contributed by atoms with Gasteiger partial charge in [-0.2, -0.15) is 4.98 Å². The molecule has 0 amide bonds. The highest BCUT2D eigenvalue weighted by Gasteiger charge is 2.34. The number of ether oxygens (including phenoxy) is 1. The van der Waals surface area contributed by atoms with Gasteiger partial charge in [0.25, 0.3) is 0 Å². The van der Waals surface area contributed by atoms with Crippen molar-refractivity contribution >= 4 is 5.95 Å². The van der Waals surface area contributed by atoms with Crippen molar-refractivity contribution in [1.29, 1.82) is 0 Å². The molecule has 3 rings (SSSR count). The average Bonchev–Trinajstić information content (AvgIpc) is 3.08. The van der Waals surface area contributed by atoms with Crippen molar-refractivity contribution in [2.24, 2.45) is 0 Å². The first kappa shape index (κ1) is 12.7. The van der Waals surface area contributed by atoms with Crippen LogP contribution < -0.4 is 15.0 Å². The molecule has 0 aliphatic carbocycles. The smallest absolute Gasteiger partial charge is 0.229 e. The molecule has 2 aliphatic heterocycles. The van der Waals surface area contributed by atoms with Crippen LogP contribution in [0.4, 0.5) is 5.95 Å². The minimum absolute atomic E-state index is 0.536. The van der Waals surface area contributed by atoms with Crippen LogP contribution in [-0.4, -0.2) is 42.3 Å². The van der Waals surface area contributed by atoms with E-state index in [-0.39, 0.29) is 0 Å². The van der Waals surface area contributed by atoms with Crippen molar-refractivity contribution in [2.75, 3.05) is 25.1 Å². The topological polar surface area (TPSA) is 50.3 Å². The number of rotatable bonds is 3. The van der Waals surface area contributed by atoms with Crippen molar-refractivity contribution < 1.29 is 4.74 Å². The van der Waals surface area contributed by atoms with Gasteiger partial charge in [0.1, 0.15) is 0 Å². The van der Waals surface area contributed by atoms with Crippen molar-refractivity contribution in [3.63, 3.8) is 0 Å². The SMILES string of the molecule is COc1cc(C)nc(N2CCCC2C2CCCN2)n1. The standard InChI is InChI=1S/C14H22N4O/c1-10-9-13(19-2)17-14(16-10)18-8-4-6-12(18)11-5-3-7-15-11/h9,11-12,15H,3-8H2,1-2H3. The lowest BCUT2D eigenvalue weighted by Gasteiger charge is -2.29. The van der Waals surface area contributed by atoms with Crippen LogP contribution in [0.15, 0.2) is 6.07 Å². The summed E-state index contributed by atoms with van der Waals surface area (Å²) >= 11 is 0. The number of methoxy groups -OCH3 is 1. The molecule has 5 heteroatoms. The van der Waals surface area contributed by atoms with Crippen LogP contribution in [0, 0.1) is 6.92 Å². The number of hydrogen-bond donors (Lipinski definition) is 1. The minimum atomic E-state index is 0.536. The molecule has 2 aliphatic rings. The van der Waals surface area contributed by atoms with Crippen LogP contribution >= 0.6 is 0 Å². The van der Waals surface area contributed by atoms with Crippen LogP contribution in [0.2, 0.25) is 0 Å². The zero-order valence-corrected chi connectivity index (χ0v) is 11.7. The van der Waals surface area contributed by atoms with E-state index in [0.717, 1.165) is 24.7 Å². The Hall–Kier alpha value is -1.36. The molecule has 2 unspecified atom stereocenters. The van der Waals surface area contributed by atoms with Crippen molar-refractivity contribution in [3.8, 4) is 5.88 Å². The normalized spacial score (nSPS) is 26.9. The molecule has 3 heterocycles. The van der Waals surface area contributed by atoms with Gasteiger partial charge in [-0.25, -0.2) is 4.98 Å². The molecule has 19 heavy (non-hydrogen) atoms. The summed E-state index contributed by atoms with van der Waals surface area (Å²) in [5.41, 5.74) is 0.965. The summed E-state index contributed by atoms with van der Waals surface area (Å²) in [4.78, 5) is 11.5. The predicted octanol–water partition coefficient (Wildman–Crippen LogP) is 1.51. The lowest BCUT2D eigenvalue weighted by atomic mass is 10.0. The molecular formula is C14H22N4O. The second kappa shape index (κ2) is 5.33. The van der Waals surface area contributed by atoms with Gasteiger partial charge in [-0.05, 0) is 39.2 Å². The fourth-order valence-corrected chi connectivity index (χ4v) is 3.26. The molecule has 0 spiro atoms. The Bertz CT molecular complexity index is 445. The molecule has 0 saturated carbocycles. The zero-order valence-electron chi connectivity index (χ0n) is 11.7. The highest BCUT2D eigenvalue weighted by Crippen LogP contribution is 2.29. The third kappa shape index (κ3) is 2.52. The number of aryl methyl sites for hydroxylation is 1. The van der Waals surface area contributed by atoms with Gasteiger partial charge in [0.05, 0.1) is 7.11 Å². The van der Waals surface area contributed by atoms with Crippen molar-refractivity contribution in [2.45, 2.75) is 44.7 Å². The van der Waals surface area contributed by atoms with Crippen LogP contribution in [-0.2, 0) is 0 Å². The maximum atomic E-state index is 5.26. The molecular weight excluding hydrogens is 240 g/mol. The lowest BCUT2D eigenvalue weighted by molar-refractivity contribution is 0.395. The maximum absolute atomic E-state index is 5.26. The summed E-state index contributed by atoms with van der Waals surface area (Å²) in [7, 11) is 1.66. The van der Waals surface area contributed by atoms with Crippen LogP contribution in [0.1, 0.15) is 31.4 Å². The first-order chi connectivity index (χ1) is 9.28. The number of aromatic nitrogens is 2. The van der Waals surface area contributed by atoms with Crippen LogP contribution in [0.5, 0.6) is 5.88 Å². The summed E-state index contributed by atoms with van der Waals surface area (Å²) in [5.74, 6) is 1.49. The predicted molar refractivity (Wildman–Crippen MR) is 74.7 cm³/mol. The molecule has 0 radical (unpaired) electrons. The van der Waals surface area contributed by atoms with Gasteiger partial charge in [-0.3, -0.25) is 0 Å². The van der Waals surface area contributed by atoms with Gasteiger partial charge >= 0.3 is 0 Å². The number of hydrogen-bond acceptors (Lipinski definition) is 5. The summed E-state index contributed by atoms with van der Waals surface area (Å²) in [6, 6.07) is 3.01. The molecule has 1 aromatic heterocycles. The summed E-state index contributed by atoms with van der Waals surface area (Å²) < 4.78 is 5.26. The molecule has 0 aromatic carbocycles. The second-order valence-electron chi connectivity index (χ2n) is 5.46. The van der Waals surface area contributed by atoms with Gasteiger partial charge in [-0.1, -0.05) is 0 Å². The minimum Gasteiger partial charge on any atom is -0.481 e. The van der Waals surface area contributed by atoms with Gasteiger partial charge < -0.3 is 15.0 Å². The third-order valence-electron chi connectivity index (χ3n) is 4.15. The van der Waals surface area contributed by atoms with E-state index >= 15 is 0 Å². The molecule has 2 atom stereocenters. The van der Waals surface area contributed by atoms with E-state index in [0.29, 0.717) is 18.0 Å². The second-order valence-corrected chi connectivity index (χ2v) is 5.46. The van der Waals surface area contributed by atoms with E-state index in [2.05, 4.69) is 20.2 Å². The van der Waals surface area contributed by atoms with Crippen LogP contribution in [0.3, 0.4) is 0 Å². The van der Waals surface area contributed by atoms with E-state index < -0.39 is 0 Å². The Labute approximate surface area is 114 Å². The van der Waals surface area contributed by atoms with Crippen molar-refractivity contribution in [3.05, 3.63) is 11.8 Å². The maximum Gasteiger partial charge on any atom is 0.229 e. The van der Waals surface area contributed by atoms with E-state index in [1.165, 1.54) is 25.7 Å². The fraction of sp³-hybridized carbons (Fsp3) is 0.714. The average molecular weight is 262 g/mol. The Balaban J connectivity index is 1.85. The fourth-order valence-electron chi connectivity index (χ4n) is 3.26. The Morgan fingerprint density at radius 3 is 2.95 bits per heavy atom. The number of anilines is 1. The van der Waals surface area contributed by atoms with E-state index in [9.17, 15) is 0 Å². The van der Waals surface area contributed by atoms with Gasteiger partial charge in [0, 0.05) is 30.4 Å². The van der Waals surface area contributed by atoms with Crippen LogP contribution in [0.25, 0.3) is 0 Å². The van der Waals surface area contributed by atoms with Gasteiger partial charge in [-0.15, -0.1) is 0 Å². The molecule has 5 nitrogen and oxygen atoms in total. The Morgan fingerprint density at radius 2 is 2.21 bits per heavy atom. The van der Waals surface area contributed by atoms with Gasteiger partial charge in [0.15, 0.2) is 0 Å². The first-order valence-corrected chi connectivity index (χ1v) is 7.17. The molecule has 2 saturated heterocycles. The van der Waals surface area contributed by atoms with E-state index in [1.807, 2.05) is 13.0 Å². The van der Waals surface area contributed by atoms with Gasteiger partial charge in [0.2, 0.25) is 11.8 Å². The molecule has 2 fully saturated rings. The molecule has 1 aromatic rings. The van der Waals surface area contributed by atoms with E-state index in [1.54, 1.807) is 7.11 Å². The molecule has 1 N–H and O–H groups in total. The highest BCUT2D eigenvalue weighted by atomic mass is 16.5. The quantitative estimate of drug-likeness (QED) is 0.895. The number of nitrogens with one attached hydrogen (secondary N) is 1. The lowest BCUT2D eigenvalue weighted by Crippen LogP contribution is -2.44. The Kier molecular flexibility index (Phi) is 3.55. The third-order valence-corrected chi connectivity index (χ3v) is 4.15. The zero-order chi connectivity index (χ0) is 13.2. The monoisotopic (exact) mass is 262 g/mol. The Morgan fingerprint density at radius 1 is 1.32 bits per heavy atom. The highest BCUT2D eigenvalue weighted by molar-refractivity contribution is 5.38. The largest absolute Gasteiger partial charge is 0.481 e. The molecule has 104 valence electrons. The van der Waals surface area contributed by atoms with Crippen molar-refractivity contribution in [1.82, 2.24) is 15.3 Å². The summed E-state index contributed by atoms with van der Waals surface area (Å²) in [5, 5.41) is 3.61. The summed E-state index contributed by atoms with van der Waals surface area (Å²) in [6.45, 7) is 4.19. The number of nitrogens with zero attached hydrogens (tertiary/aromatic N) is 3.